The highest BCUT2D eigenvalue weighted by Gasteiger charge is 2.10. The van der Waals surface area contributed by atoms with Crippen LogP contribution in [0.5, 0.6) is 0 Å². The van der Waals surface area contributed by atoms with Gasteiger partial charge in [0.2, 0.25) is 0 Å². The van der Waals surface area contributed by atoms with E-state index in [2.05, 4.69) is 19.2 Å². The molecule has 2 N–H and O–H groups in total. The van der Waals surface area contributed by atoms with E-state index in [0.29, 0.717) is 11.8 Å². The Labute approximate surface area is 162 Å². The van der Waals surface area contributed by atoms with E-state index in [-0.39, 0.29) is 6.61 Å². The molecule has 0 aliphatic carbocycles. The van der Waals surface area contributed by atoms with Gasteiger partial charge in [-0.1, -0.05) is 78.1 Å². The van der Waals surface area contributed by atoms with Crippen LogP contribution in [0.4, 0.5) is 0 Å². The van der Waals surface area contributed by atoms with Gasteiger partial charge in [0.1, 0.15) is 0 Å². The molecule has 0 aromatic rings. The van der Waals surface area contributed by atoms with Crippen LogP contribution < -0.4 is 5.32 Å². The molecule has 0 aliphatic heterocycles. The van der Waals surface area contributed by atoms with Crippen LogP contribution >= 0.6 is 12.0 Å². The molecule has 0 bridgehead atoms. The fourth-order valence-corrected chi connectivity index (χ4v) is 3.88. The van der Waals surface area contributed by atoms with E-state index in [1.165, 1.54) is 77.0 Å². The van der Waals surface area contributed by atoms with Gasteiger partial charge in [0.05, 0.1) is 13.2 Å². The van der Waals surface area contributed by atoms with Crippen molar-refractivity contribution in [2.24, 2.45) is 0 Å². The Morgan fingerprint density at radius 2 is 1.36 bits per heavy atom. The molecule has 1 atom stereocenters. The molecule has 0 saturated heterocycles. The SMILES string of the molecule is CCCCCCCCC(CCCCCC)SOCCCCNCCO. The van der Waals surface area contributed by atoms with Gasteiger partial charge >= 0.3 is 0 Å². The molecule has 152 valence electrons. The summed E-state index contributed by atoms with van der Waals surface area (Å²) in [6.07, 6.45) is 18.6. The maximum absolute atomic E-state index is 8.71. The minimum Gasteiger partial charge on any atom is -0.395 e. The van der Waals surface area contributed by atoms with Crippen molar-refractivity contribution in [3.8, 4) is 0 Å². The van der Waals surface area contributed by atoms with E-state index in [9.17, 15) is 0 Å². The fraction of sp³-hybridized carbons (Fsp3) is 1.00. The Balaban J connectivity index is 3.69. The van der Waals surface area contributed by atoms with Crippen molar-refractivity contribution in [2.75, 3.05) is 26.3 Å². The summed E-state index contributed by atoms with van der Waals surface area (Å²) in [5, 5.41) is 12.6. The third kappa shape index (κ3) is 20.4. The number of unbranched alkanes of at least 4 members (excludes halogenated alkanes) is 9. The van der Waals surface area contributed by atoms with Gasteiger partial charge in [0, 0.05) is 11.8 Å². The molecule has 0 amide bonds. The van der Waals surface area contributed by atoms with E-state index in [0.717, 1.165) is 26.0 Å². The highest BCUT2D eigenvalue weighted by Crippen LogP contribution is 2.25. The molecule has 0 saturated carbocycles. The van der Waals surface area contributed by atoms with Crippen molar-refractivity contribution in [1.82, 2.24) is 5.32 Å². The summed E-state index contributed by atoms with van der Waals surface area (Å²) in [5.74, 6) is 0. The molecule has 3 nitrogen and oxygen atoms in total. The van der Waals surface area contributed by atoms with Crippen molar-refractivity contribution >= 4 is 12.0 Å². The highest BCUT2D eigenvalue weighted by atomic mass is 32.2. The number of aliphatic hydroxyl groups is 1. The first kappa shape index (κ1) is 25.2. The van der Waals surface area contributed by atoms with Gasteiger partial charge < -0.3 is 14.6 Å². The van der Waals surface area contributed by atoms with Crippen LogP contribution in [0.1, 0.15) is 104 Å². The molecule has 1 unspecified atom stereocenters. The van der Waals surface area contributed by atoms with Gasteiger partial charge in [0.15, 0.2) is 0 Å². The van der Waals surface area contributed by atoms with Crippen molar-refractivity contribution in [2.45, 2.75) is 109 Å². The zero-order chi connectivity index (χ0) is 18.4. The Bertz CT molecular complexity index is 242. The average Bonchev–Trinajstić information content (AvgIpc) is 2.63. The van der Waals surface area contributed by atoms with Gasteiger partial charge in [-0.2, -0.15) is 0 Å². The molecule has 0 fully saturated rings. The van der Waals surface area contributed by atoms with Crippen LogP contribution in [-0.2, 0) is 4.18 Å². The lowest BCUT2D eigenvalue weighted by molar-refractivity contribution is 0.290. The molecule has 0 heterocycles. The van der Waals surface area contributed by atoms with Gasteiger partial charge in [-0.25, -0.2) is 0 Å². The van der Waals surface area contributed by atoms with E-state index >= 15 is 0 Å². The van der Waals surface area contributed by atoms with E-state index in [4.69, 9.17) is 9.29 Å². The number of nitrogens with one attached hydrogen (secondary N) is 1. The second-order valence-electron chi connectivity index (χ2n) is 7.13. The molecular weight excluding hydrogens is 330 g/mol. The van der Waals surface area contributed by atoms with Crippen molar-refractivity contribution in [1.29, 1.82) is 0 Å². The topological polar surface area (TPSA) is 41.5 Å². The van der Waals surface area contributed by atoms with Crippen molar-refractivity contribution in [3.05, 3.63) is 0 Å². The second kappa shape index (κ2) is 22.3. The third-order valence-corrected chi connectivity index (χ3v) is 5.63. The summed E-state index contributed by atoms with van der Waals surface area (Å²) < 4.78 is 5.89. The molecule has 0 radical (unpaired) electrons. The first-order chi connectivity index (χ1) is 12.3. The standard InChI is InChI=1S/C21H45NO2S/c1-3-5-7-9-10-12-16-21(15-11-8-6-4-2)25-24-20-14-13-17-22-18-19-23/h21-23H,3-20H2,1-2H3. The minimum atomic E-state index is 0.227. The molecule has 0 rings (SSSR count). The fourth-order valence-electron chi connectivity index (χ4n) is 2.95. The van der Waals surface area contributed by atoms with Gasteiger partial charge in [-0.15, -0.1) is 0 Å². The normalized spacial score (nSPS) is 12.6. The minimum absolute atomic E-state index is 0.227. The lowest BCUT2D eigenvalue weighted by atomic mass is 10.0. The number of aliphatic hydroxyl groups excluding tert-OH is 1. The monoisotopic (exact) mass is 375 g/mol. The van der Waals surface area contributed by atoms with Gasteiger partial charge in [-0.05, 0) is 44.3 Å². The van der Waals surface area contributed by atoms with Crippen LogP contribution in [-0.4, -0.2) is 36.7 Å². The largest absolute Gasteiger partial charge is 0.395 e. The molecule has 0 aromatic heterocycles. The predicted molar refractivity (Wildman–Crippen MR) is 113 cm³/mol. The molecule has 0 aliphatic rings. The molecule has 4 heteroatoms. The lowest BCUT2D eigenvalue weighted by Gasteiger charge is -2.16. The van der Waals surface area contributed by atoms with Gasteiger partial charge in [-0.3, -0.25) is 0 Å². The van der Waals surface area contributed by atoms with Crippen LogP contribution in [0.15, 0.2) is 0 Å². The Morgan fingerprint density at radius 3 is 2.00 bits per heavy atom. The molecular formula is C21H45NO2S. The number of hydrogen-bond acceptors (Lipinski definition) is 4. The summed E-state index contributed by atoms with van der Waals surface area (Å²) >= 11 is 1.76. The summed E-state index contributed by atoms with van der Waals surface area (Å²) in [6.45, 7) is 7.32. The Morgan fingerprint density at radius 1 is 0.760 bits per heavy atom. The summed E-state index contributed by atoms with van der Waals surface area (Å²) in [4.78, 5) is 0. The van der Waals surface area contributed by atoms with E-state index in [1.807, 2.05) is 0 Å². The second-order valence-corrected chi connectivity index (χ2v) is 8.22. The van der Waals surface area contributed by atoms with Crippen LogP contribution in [0.3, 0.4) is 0 Å². The van der Waals surface area contributed by atoms with Crippen LogP contribution in [0.2, 0.25) is 0 Å². The summed E-state index contributed by atoms with van der Waals surface area (Å²) in [5.41, 5.74) is 0. The number of hydrogen-bond donors (Lipinski definition) is 2. The lowest BCUT2D eigenvalue weighted by Crippen LogP contribution is -2.19. The summed E-state index contributed by atoms with van der Waals surface area (Å²) in [7, 11) is 0. The Kier molecular flexibility index (Phi) is 22.5. The van der Waals surface area contributed by atoms with E-state index < -0.39 is 0 Å². The molecule has 0 aromatic carbocycles. The first-order valence-electron chi connectivity index (χ1n) is 10.9. The van der Waals surface area contributed by atoms with Gasteiger partial charge in [0.25, 0.3) is 0 Å². The third-order valence-electron chi connectivity index (χ3n) is 4.58. The maximum Gasteiger partial charge on any atom is 0.0614 e. The molecule has 0 spiro atoms. The summed E-state index contributed by atoms with van der Waals surface area (Å²) in [6, 6.07) is 0. The first-order valence-corrected chi connectivity index (χ1v) is 11.7. The Hall–Kier alpha value is 0.230. The van der Waals surface area contributed by atoms with Crippen molar-refractivity contribution < 1.29 is 9.29 Å². The zero-order valence-electron chi connectivity index (χ0n) is 17.1. The quantitative estimate of drug-likeness (QED) is 0.188. The zero-order valence-corrected chi connectivity index (χ0v) is 17.9. The van der Waals surface area contributed by atoms with Crippen molar-refractivity contribution in [3.63, 3.8) is 0 Å². The highest BCUT2D eigenvalue weighted by molar-refractivity contribution is 7.95. The van der Waals surface area contributed by atoms with Crippen LogP contribution in [0.25, 0.3) is 0 Å². The predicted octanol–water partition coefficient (Wildman–Crippen LogP) is 6.10. The number of rotatable bonds is 21. The van der Waals surface area contributed by atoms with E-state index in [1.54, 1.807) is 12.0 Å². The molecule has 25 heavy (non-hydrogen) atoms. The smallest absolute Gasteiger partial charge is 0.0614 e. The average molecular weight is 376 g/mol. The maximum atomic E-state index is 8.71. The van der Waals surface area contributed by atoms with Crippen LogP contribution in [0, 0.1) is 0 Å².